The quantitative estimate of drug-likeness (QED) is 0.547. The molecule has 4 rings (SSSR count). The summed E-state index contributed by atoms with van der Waals surface area (Å²) < 4.78 is 2.52. The second-order valence-electron chi connectivity index (χ2n) is 5.77. The molecule has 2 aromatic carbocycles. The molecule has 0 aliphatic heterocycles. The molecule has 0 amide bonds. The number of H-pyrrole nitrogens is 2. The lowest BCUT2D eigenvalue weighted by atomic mass is 10.0. The van der Waals surface area contributed by atoms with Gasteiger partial charge in [-0.05, 0) is 54.9 Å². The summed E-state index contributed by atoms with van der Waals surface area (Å²) in [6.45, 7) is 4.24. The van der Waals surface area contributed by atoms with Crippen LogP contribution in [0.2, 0.25) is 0 Å². The van der Waals surface area contributed by atoms with E-state index in [4.69, 9.17) is 12.2 Å². The van der Waals surface area contributed by atoms with Gasteiger partial charge in [0.2, 0.25) is 0 Å². The lowest BCUT2D eigenvalue weighted by molar-refractivity contribution is 1.04. The van der Waals surface area contributed by atoms with Gasteiger partial charge in [-0.2, -0.15) is 5.10 Å². The van der Waals surface area contributed by atoms with E-state index in [0.717, 1.165) is 40.1 Å². The summed E-state index contributed by atoms with van der Waals surface area (Å²) in [4.78, 5) is 7.58. The van der Waals surface area contributed by atoms with Crippen molar-refractivity contribution >= 4 is 23.3 Å². The first-order valence-electron chi connectivity index (χ1n) is 7.89. The van der Waals surface area contributed by atoms with E-state index < -0.39 is 0 Å². The molecule has 0 radical (unpaired) electrons. The Morgan fingerprint density at radius 2 is 2.08 bits per heavy atom. The normalized spacial score (nSPS) is 11.2. The first kappa shape index (κ1) is 14.8. The highest BCUT2D eigenvalue weighted by molar-refractivity contribution is 7.71. The van der Waals surface area contributed by atoms with Crippen molar-refractivity contribution in [1.29, 1.82) is 0 Å². The topological polar surface area (TPSA) is 62.3 Å². The second-order valence-corrected chi connectivity index (χ2v) is 6.15. The Balaban J connectivity index is 2.02. The molecule has 2 N–H and O–H groups in total. The average molecular weight is 335 g/mol. The van der Waals surface area contributed by atoms with Crippen LogP contribution in [0.1, 0.15) is 18.1 Å². The van der Waals surface area contributed by atoms with Gasteiger partial charge in [0.1, 0.15) is 5.52 Å². The molecule has 0 saturated carbocycles. The van der Waals surface area contributed by atoms with Gasteiger partial charge in [-0.25, -0.2) is 4.98 Å². The second kappa shape index (κ2) is 5.72. The number of aromatic amines is 2. The van der Waals surface area contributed by atoms with E-state index in [1.807, 2.05) is 22.8 Å². The van der Waals surface area contributed by atoms with Crippen molar-refractivity contribution < 1.29 is 0 Å². The molecule has 0 atom stereocenters. The predicted molar refractivity (Wildman–Crippen MR) is 98.0 cm³/mol. The zero-order valence-electron chi connectivity index (χ0n) is 13.5. The number of imidazole rings is 1. The Labute approximate surface area is 144 Å². The van der Waals surface area contributed by atoms with Crippen molar-refractivity contribution in [3.05, 3.63) is 58.6 Å². The maximum atomic E-state index is 5.50. The van der Waals surface area contributed by atoms with E-state index in [2.05, 4.69) is 52.2 Å². The van der Waals surface area contributed by atoms with Gasteiger partial charge in [-0.3, -0.25) is 9.67 Å². The molecular weight excluding hydrogens is 318 g/mol. The Bertz CT molecular complexity index is 1090. The Kier molecular flexibility index (Phi) is 3.54. The van der Waals surface area contributed by atoms with Crippen molar-refractivity contribution in [3.8, 4) is 17.1 Å². The summed E-state index contributed by atoms with van der Waals surface area (Å²) in [6, 6.07) is 12.5. The fourth-order valence-electron chi connectivity index (χ4n) is 2.96. The van der Waals surface area contributed by atoms with Gasteiger partial charge < -0.3 is 4.98 Å². The summed E-state index contributed by atoms with van der Waals surface area (Å²) in [6.07, 6.45) is 2.67. The molecule has 0 spiro atoms. The Morgan fingerprint density at radius 1 is 1.21 bits per heavy atom. The summed E-state index contributed by atoms with van der Waals surface area (Å²) in [5, 5.41) is 7.43. The van der Waals surface area contributed by atoms with Crippen LogP contribution >= 0.6 is 12.2 Å². The van der Waals surface area contributed by atoms with Crippen LogP contribution in [0.3, 0.4) is 0 Å². The maximum Gasteiger partial charge on any atom is 0.200 e. The number of nitrogens with zero attached hydrogens (tertiary/aromatic N) is 3. The van der Waals surface area contributed by atoms with Gasteiger partial charge >= 0.3 is 0 Å². The number of hydrogen-bond donors (Lipinski definition) is 2. The number of hydrogen-bond acceptors (Lipinski definition) is 3. The van der Waals surface area contributed by atoms with Gasteiger partial charge in [0.05, 0.1) is 17.5 Å². The number of rotatable bonds is 3. The van der Waals surface area contributed by atoms with Crippen molar-refractivity contribution in [2.45, 2.75) is 20.3 Å². The van der Waals surface area contributed by atoms with Crippen LogP contribution in [-0.4, -0.2) is 24.7 Å². The van der Waals surface area contributed by atoms with Crippen molar-refractivity contribution in [3.63, 3.8) is 0 Å². The highest BCUT2D eigenvalue weighted by atomic mass is 32.1. The zero-order valence-corrected chi connectivity index (χ0v) is 14.3. The molecule has 0 aliphatic carbocycles. The van der Waals surface area contributed by atoms with E-state index in [0.29, 0.717) is 4.77 Å². The van der Waals surface area contributed by atoms with E-state index in [9.17, 15) is 0 Å². The number of nitrogens with one attached hydrogen (secondary N) is 2. The average Bonchev–Trinajstić information content (AvgIpc) is 3.21. The van der Waals surface area contributed by atoms with Crippen molar-refractivity contribution in [2.75, 3.05) is 0 Å². The summed E-state index contributed by atoms with van der Waals surface area (Å²) in [5.41, 5.74) is 6.28. The third-order valence-electron chi connectivity index (χ3n) is 4.29. The molecule has 120 valence electrons. The van der Waals surface area contributed by atoms with Crippen LogP contribution in [-0.2, 0) is 6.42 Å². The van der Waals surface area contributed by atoms with E-state index in [1.54, 1.807) is 6.33 Å². The molecule has 0 unspecified atom stereocenters. The van der Waals surface area contributed by atoms with Gasteiger partial charge in [0, 0.05) is 5.56 Å². The molecule has 24 heavy (non-hydrogen) atoms. The zero-order chi connectivity index (χ0) is 16.7. The molecular formula is C18H17N5S. The summed E-state index contributed by atoms with van der Waals surface area (Å²) >= 11 is 5.50. The predicted octanol–water partition coefficient (Wildman–Crippen LogP) is 4.34. The minimum absolute atomic E-state index is 0.557. The molecule has 2 aromatic heterocycles. The third-order valence-corrected chi connectivity index (χ3v) is 4.57. The fourth-order valence-corrected chi connectivity index (χ4v) is 3.19. The van der Waals surface area contributed by atoms with Gasteiger partial charge in [-0.1, -0.05) is 25.1 Å². The molecule has 6 heteroatoms. The van der Waals surface area contributed by atoms with Crippen LogP contribution < -0.4 is 0 Å². The highest BCUT2D eigenvalue weighted by Crippen LogP contribution is 2.28. The third kappa shape index (κ3) is 2.27. The number of aryl methyl sites for hydroxylation is 2. The van der Waals surface area contributed by atoms with E-state index in [-0.39, 0.29) is 0 Å². The standard InChI is InChI=1S/C18H17N5S/c1-3-12-8-7-11(2)13(9-12)17-21-22-18(24)23(17)15-6-4-5-14-16(15)20-10-19-14/h4-10H,3H2,1-2H3,(H,19,20)(H,22,24). The van der Waals surface area contributed by atoms with Crippen molar-refractivity contribution in [2.24, 2.45) is 0 Å². The molecule has 4 aromatic rings. The SMILES string of the molecule is CCc1ccc(C)c(-c2n[nH]c(=S)n2-c2cccc3[nH]cnc23)c1. The van der Waals surface area contributed by atoms with Crippen LogP contribution in [0, 0.1) is 11.7 Å². The lowest BCUT2D eigenvalue weighted by Crippen LogP contribution is -2.00. The van der Waals surface area contributed by atoms with Gasteiger partial charge in [-0.15, -0.1) is 0 Å². The van der Waals surface area contributed by atoms with E-state index in [1.165, 1.54) is 5.56 Å². The van der Waals surface area contributed by atoms with Crippen LogP contribution in [0.25, 0.3) is 28.1 Å². The summed E-state index contributed by atoms with van der Waals surface area (Å²) in [5.74, 6) is 0.809. The van der Waals surface area contributed by atoms with Crippen LogP contribution in [0.4, 0.5) is 0 Å². The lowest BCUT2D eigenvalue weighted by Gasteiger charge is -2.11. The first-order valence-corrected chi connectivity index (χ1v) is 8.29. The smallest absolute Gasteiger partial charge is 0.200 e. The maximum absolute atomic E-state index is 5.50. The van der Waals surface area contributed by atoms with Gasteiger partial charge in [0.15, 0.2) is 10.6 Å². The van der Waals surface area contributed by atoms with Gasteiger partial charge in [0.25, 0.3) is 0 Å². The molecule has 0 aliphatic rings. The largest absolute Gasteiger partial charge is 0.345 e. The Hall–Kier alpha value is -2.73. The number of fused-ring (bicyclic) bond motifs is 1. The minimum Gasteiger partial charge on any atom is -0.345 e. The number of para-hydroxylation sites is 1. The van der Waals surface area contributed by atoms with Crippen LogP contribution in [0.5, 0.6) is 0 Å². The highest BCUT2D eigenvalue weighted by Gasteiger charge is 2.16. The van der Waals surface area contributed by atoms with Crippen LogP contribution in [0.15, 0.2) is 42.7 Å². The monoisotopic (exact) mass is 335 g/mol. The van der Waals surface area contributed by atoms with Crippen molar-refractivity contribution in [1.82, 2.24) is 24.7 Å². The minimum atomic E-state index is 0.557. The molecule has 2 heterocycles. The first-order chi connectivity index (χ1) is 11.7. The summed E-state index contributed by atoms with van der Waals surface area (Å²) in [7, 11) is 0. The Morgan fingerprint density at radius 3 is 2.92 bits per heavy atom. The number of benzene rings is 2. The molecule has 0 saturated heterocycles. The molecule has 0 fully saturated rings. The van der Waals surface area contributed by atoms with E-state index >= 15 is 0 Å². The molecule has 0 bridgehead atoms. The molecule has 5 nitrogen and oxygen atoms in total. The fraction of sp³-hybridized carbons (Fsp3) is 0.167. The number of aromatic nitrogens is 5.